The monoisotopic (exact) mass is 487 g/mol. The zero-order valence-electron chi connectivity index (χ0n) is 23.5. The van der Waals surface area contributed by atoms with Crippen LogP contribution in [0, 0.1) is 25.7 Å². The van der Waals surface area contributed by atoms with Crippen LogP contribution in [0.3, 0.4) is 0 Å². The first-order chi connectivity index (χ1) is 17.1. The van der Waals surface area contributed by atoms with Gasteiger partial charge >= 0.3 is 0 Å². The number of hydrogen-bond acceptors (Lipinski definition) is 4. The van der Waals surface area contributed by atoms with Crippen LogP contribution in [0.5, 0.6) is 0 Å². The molecule has 1 unspecified atom stereocenters. The van der Waals surface area contributed by atoms with Crippen molar-refractivity contribution in [1.29, 1.82) is 0 Å². The van der Waals surface area contributed by atoms with Crippen LogP contribution in [0.1, 0.15) is 75.9 Å². The molecule has 2 aliphatic heterocycles. The number of dihydropyridines is 1. The van der Waals surface area contributed by atoms with Crippen LogP contribution in [-0.4, -0.2) is 40.7 Å². The summed E-state index contributed by atoms with van der Waals surface area (Å²) in [6.45, 7) is 28.6. The number of nitrogens with one attached hydrogen (secondary N) is 2. The minimum absolute atomic E-state index is 0.440. The topological polar surface area (TPSA) is 44.6 Å². The Labute approximate surface area is 218 Å². The van der Waals surface area contributed by atoms with Crippen LogP contribution >= 0.6 is 0 Å². The van der Waals surface area contributed by atoms with Crippen molar-refractivity contribution in [2.45, 2.75) is 67.2 Å². The van der Waals surface area contributed by atoms with Crippen LogP contribution in [0.4, 0.5) is 0 Å². The minimum atomic E-state index is 0.440. The largest absolute Gasteiger partial charge is 0.381 e. The highest BCUT2D eigenvalue weighted by atomic mass is 15.2. The molecule has 0 amide bonds. The number of hydrogen-bond donors (Lipinski definition) is 2. The van der Waals surface area contributed by atoms with E-state index in [1.165, 1.54) is 60.4 Å². The van der Waals surface area contributed by atoms with E-state index in [9.17, 15) is 0 Å². The number of aryl methyl sites for hydroxylation is 1. The molecule has 5 nitrogen and oxygen atoms in total. The molecule has 0 bridgehead atoms. The summed E-state index contributed by atoms with van der Waals surface area (Å²) in [5, 5.41) is 12.0. The Morgan fingerprint density at radius 1 is 1.14 bits per heavy atom. The van der Waals surface area contributed by atoms with Crippen molar-refractivity contribution >= 4 is 11.2 Å². The van der Waals surface area contributed by atoms with Gasteiger partial charge in [-0.25, -0.2) is 4.52 Å². The Morgan fingerprint density at radius 3 is 2.47 bits per heavy atom. The Hall–Kier alpha value is -2.79. The van der Waals surface area contributed by atoms with Gasteiger partial charge in [0.1, 0.15) is 0 Å². The second kappa shape index (κ2) is 10.7. The fourth-order valence-electron chi connectivity index (χ4n) is 6.19. The first-order valence-electron chi connectivity index (χ1n) is 13.6. The molecule has 2 aliphatic rings. The summed E-state index contributed by atoms with van der Waals surface area (Å²) in [7, 11) is 0. The maximum Gasteiger partial charge on any atom is 0.0745 e. The first kappa shape index (κ1) is 26.3. The molecule has 1 saturated heterocycles. The van der Waals surface area contributed by atoms with E-state index in [0.717, 1.165) is 34.2 Å². The lowest BCUT2D eigenvalue weighted by Gasteiger charge is -2.35. The summed E-state index contributed by atoms with van der Waals surface area (Å²) in [5.74, 6) is 1.83. The van der Waals surface area contributed by atoms with E-state index in [1.54, 1.807) is 0 Å². The van der Waals surface area contributed by atoms with Crippen LogP contribution in [0.2, 0.25) is 0 Å². The van der Waals surface area contributed by atoms with Gasteiger partial charge in [-0.2, -0.15) is 5.10 Å². The third-order valence-electron chi connectivity index (χ3n) is 8.01. The quantitative estimate of drug-likeness (QED) is 0.457. The molecular weight excluding hydrogens is 442 g/mol. The van der Waals surface area contributed by atoms with Gasteiger partial charge in [0, 0.05) is 47.4 Å². The Bertz CT molecular complexity index is 1220. The molecule has 2 aromatic rings. The number of likely N-dealkylation sites (tertiary alicyclic amines) is 1. The zero-order chi connectivity index (χ0) is 26.1. The molecule has 1 atom stereocenters. The number of nitrogens with zero attached hydrogens (tertiary/aromatic N) is 3. The number of rotatable bonds is 8. The van der Waals surface area contributed by atoms with Crippen molar-refractivity contribution in [2.24, 2.45) is 11.8 Å². The summed E-state index contributed by atoms with van der Waals surface area (Å²) < 4.78 is 2.20. The molecule has 2 N–H and O–H groups in total. The number of piperidine rings is 1. The lowest BCUT2D eigenvalue weighted by Crippen LogP contribution is -2.37. The summed E-state index contributed by atoms with van der Waals surface area (Å²) in [5.41, 5.74) is 11.5. The third kappa shape index (κ3) is 5.31. The van der Waals surface area contributed by atoms with Crippen molar-refractivity contribution in [2.75, 3.05) is 26.2 Å². The fraction of sp³-hybridized carbons (Fsp3) is 0.516. The van der Waals surface area contributed by atoms with Gasteiger partial charge < -0.3 is 15.5 Å². The average Bonchev–Trinajstić information content (AvgIpc) is 3.08. The highest BCUT2D eigenvalue weighted by Crippen LogP contribution is 2.38. The standard InChI is InChI=1S/C31H45N5/c1-19(2)18-35-14-12-27(13-15-35)23(6)31-24(7)30(29-11-10-21(4)34-36(29)31)26(9)32-17-28-20(3)16-22(5)33-25(28)8/h10-11,16,19,23,27,32-33H,8-9,12-15,17-18H2,1-7H3. The predicted octanol–water partition coefficient (Wildman–Crippen LogP) is 6.32. The normalized spacial score (nSPS) is 18.6. The van der Waals surface area contributed by atoms with Crippen molar-refractivity contribution in [3.05, 3.63) is 76.4 Å². The second-order valence-corrected chi connectivity index (χ2v) is 11.4. The van der Waals surface area contributed by atoms with E-state index in [-0.39, 0.29) is 0 Å². The lowest BCUT2D eigenvalue weighted by atomic mass is 9.82. The van der Waals surface area contributed by atoms with E-state index in [0.29, 0.717) is 18.4 Å². The molecule has 0 aromatic carbocycles. The van der Waals surface area contributed by atoms with Gasteiger partial charge in [0.25, 0.3) is 0 Å². The average molecular weight is 488 g/mol. The molecule has 4 rings (SSSR count). The first-order valence-corrected chi connectivity index (χ1v) is 13.6. The Balaban J connectivity index is 1.60. The van der Waals surface area contributed by atoms with Gasteiger partial charge in [-0.15, -0.1) is 0 Å². The van der Waals surface area contributed by atoms with Gasteiger partial charge in [0.05, 0.1) is 11.2 Å². The summed E-state index contributed by atoms with van der Waals surface area (Å²) in [6.07, 6.45) is 4.67. The Morgan fingerprint density at radius 2 is 1.83 bits per heavy atom. The second-order valence-electron chi connectivity index (χ2n) is 11.4. The van der Waals surface area contributed by atoms with E-state index < -0.39 is 0 Å². The molecule has 0 saturated carbocycles. The third-order valence-corrected chi connectivity index (χ3v) is 8.01. The number of fused-ring (bicyclic) bond motifs is 1. The highest BCUT2D eigenvalue weighted by molar-refractivity contribution is 5.81. The molecule has 0 aliphatic carbocycles. The Kier molecular flexibility index (Phi) is 7.79. The van der Waals surface area contributed by atoms with E-state index >= 15 is 0 Å². The van der Waals surface area contributed by atoms with Crippen molar-refractivity contribution < 1.29 is 0 Å². The lowest BCUT2D eigenvalue weighted by molar-refractivity contribution is 0.155. The summed E-state index contributed by atoms with van der Waals surface area (Å²) >= 11 is 0. The van der Waals surface area contributed by atoms with Gasteiger partial charge in [-0.1, -0.05) is 33.9 Å². The molecule has 4 heterocycles. The molecule has 194 valence electrons. The van der Waals surface area contributed by atoms with E-state index in [2.05, 4.69) is 99.9 Å². The van der Waals surface area contributed by atoms with Crippen molar-refractivity contribution in [3.8, 4) is 0 Å². The van der Waals surface area contributed by atoms with Gasteiger partial charge in [-0.05, 0) is 100 Å². The number of allylic oxidation sites excluding steroid dienone is 3. The fourth-order valence-corrected chi connectivity index (χ4v) is 6.19. The van der Waals surface area contributed by atoms with E-state index in [1.807, 2.05) is 0 Å². The minimum Gasteiger partial charge on any atom is -0.381 e. The van der Waals surface area contributed by atoms with Crippen LogP contribution in [-0.2, 0) is 0 Å². The van der Waals surface area contributed by atoms with Gasteiger partial charge in [-0.3, -0.25) is 0 Å². The highest BCUT2D eigenvalue weighted by Gasteiger charge is 2.30. The van der Waals surface area contributed by atoms with Crippen molar-refractivity contribution in [1.82, 2.24) is 25.1 Å². The maximum absolute atomic E-state index is 4.99. The van der Waals surface area contributed by atoms with Crippen molar-refractivity contribution in [3.63, 3.8) is 0 Å². The molecule has 1 fully saturated rings. The molecule has 0 radical (unpaired) electrons. The van der Waals surface area contributed by atoms with Gasteiger partial charge in [0.15, 0.2) is 0 Å². The van der Waals surface area contributed by atoms with Crippen LogP contribution < -0.4 is 10.6 Å². The van der Waals surface area contributed by atoms with Crippen LogP contribution in [0.15, 0.2) is 53.9 Å². The smallest absolute Gasteiger partial charge is 0.0745 e. The molecule has 0 spiro atoms. The predicted molar refractivity (Wildman–Crippen MR) is 153 cm³/mol. The SMILES string of the molecule is C=C1NC(C)=CC(C)=C1CNC(=C)c1c(C)c(C(C)C2CCN(CC(C)C)CC2)n2nc(C)ccc12. The molecule has 2 aromatic heterocycles. The summed E-state index contributed by atoms with van der Waals surface area (Å²) in [6, 6.07) is 4.31. The molecule has 36 heavy (non-hydrogen) atoms. The zero-order valence-corrected chi connectivity index (χ0v) is 23.5. The van der Waals surface area contributed by atoms with E-state index in [4.69, 9.17) is 5.10 Å². The number of aromatic nitrogens is 2. The summed E-state index contributed by atoms with van der Waals surface area (Å²) in [4.78, 5) is 2.64. The van der Waals surface area contributed by atoms with Crippen LogP contribution in [0.25, 0.3) is 11.2 Å². The van der Waals surface area contributed by atoms with Gasteiger partial charge in [0.2, 0.25) is 0 Å². The molecular formula is C31H45N5. The maximum atomic E-state index is 4.99. The molecule has 5 heteroatoms.